The van der Waals surface area contributed by atoms with Crippen LogP contribution >= 0.6 is 0 Å². The van der Waals surface area contributed by atoms with E-state index in [0.717, 1.165) is 17.5 Å². The molecule has 0 aliphatic heterocycles. The molecule has 5 heteroatoms. The molecule has 2 aromatic rings. The fourth-order valence-corrected chi connectivity index (χ4v) is 2.27. The standard InChI is InChI=1S/C18H20FNO3.C2H6/c1-12(2)9-15-10-14(18(21)20-22)5-8-17(15)23-11-13-3-6-16(19)7-4-13;1-2/h3-8,10,12,22H,9,11H2,1-2H3,(H,20,21);1-2H3. The highest BCUT2D eigenvalue weighted by atomic mass is 19.1. The molecule has 0 radical (unpaired) electrons. The number of amides is 1. The maximum Gasteiger partial charge on any atom is 0.274 e. The van der Waals surface area contributed by atoms with Crippen molar-refractivity contribution in [3.63, 3.8) is 0 Å². The monoisotopic (exact) mass is 347 g/mol. The van der Waals surface area contributed by atoms with Crippen molar-refractivity contribution in [3.8, 4) is 5.75 Å². The van der Waals surface area contributed by atoms with Crippen LogP contribution in [0.15, 0.2) is 42.5 Å². The number of benzene rings is 2. The fraction of sp³-hybridized carbons (Fsp3) is 0.350. The first kappa shape index (κ1) is 20.6. The molecule has 0 fully saturated rings. The summed E-state index contributed by atoms with van der Waals surface area (Å²) in [5, 5.41) is 8.74. The quantitative estimate of drug-likeness (QED) is 0.586. The van der Waals surface area contributed by atoms with Crippen LogP contribution in [0.4, 0.5) is 4.39 Å². The molecule has 2 N–H and O–H groups in total. The lowest BCUT2D eigenvalue weighted by atomic mass is 9.99. The Morgan fingerprint density at radius 1 is 1.16 bits per heavy atom. The first-order valence-corrected chi connectivity index (χ1v) is 8.44. The van der Waals surface area contributed by atoms with Gasteiger partial charge in [0.15, 0.2) is 0 Å². The average Bonchev–Trinajstić information content (AvgIpc) is 2.62. The van der Waals surface area contributed by atoms with E-state index in [4.69, 9.17) is 9.94 Å². The second-order valence-corrected chi connectivity index (χ2v) is 5.78. The smallest absolute Gasteiger partial charge is 0.274 e. The van der Waals surface area contributed by atoms with Crippen molar-refractivity contribution in [2.75, 3.05) is 0 Å². The number of hydroxylamine groups is 1. The highest BCUT2D eigenvalue weighted by molar-refractivity contribution is 5.93. The lowest BCUT2D eigenvalue weighted by molar-refractivity contribution is 0.0706. The summed E-state index contributed by atoms with van der Waals surface area (Å²) in [5.74, 6) is 0.224. The molecular formula is C20H26FNO3. The molecule has 1 amide bonds. The summed E-state index contributed by atoms with van der Waals surface area (Å²) < 4.78 is 18.7. The fourth-order valence-electron chi connectivity index (χ4n) is 2.27. The van der Waals surface area contributed by atoms with Crippen molar-refractivity contribution >= 4 is 5.91 Å². The molecule has 0 saturated carbocycles. The van der Waals surface area contributed by atoms with E-state index >= 15 is 0 Å². The molecule has 0 heterocycles. The van der Waals surface area contributed by atoms with E-state index < -0.39 is 5.91 Å². The van der Waals surface area contributed by atoms with Crippen molar-refractivity contribution in [1.29, 1.82) is 0 Å². The van der Waals surface area contributed by atoms with Crippen LogP contribution in [0.1, 0.15) is 49.2 Å². The van der Waals surface area contributed by atoms with Crippen molar-refractivity contribution in [2.45, 2.75) is 40.7 Å². The van der Waals surface area contributed by atoms with Gasteiger partial charge in [-0.1, -0.05) is 39.8 Å². The molecule has 2 aromatic carbocycles. The Bertz CT molecular complexity index is 669. The van der Waals surface area contributed by atoms with Crippen molar-refractivity contribution in [1.82, 2.24) is 5.48 Å². The number of ether oxygens (including phenoxy) is 1. The maximum absolute atomic E-state index is 12.9. The summed E-state index contributed by atoms with van der Waals surface area (Å²) in [5.41, 5.74) is 3.75. The van der Waals surface area contributed by atoms with Crippen LogP contribution in [0.2, 0.25) is 0 Å². The van der Waals surface area contributed by atoms with Gasteiger partial charge in [0.05, 0.1) is 0 Å². The van der Waals surface area contributed by atoms with E-state index in [1.807, 2.05) is 13.8 Å². The summed E-state index contributed by atoms with van der Waals surface area (Å²) in [4.78, 5) is 11.5. The molecule has 136 valence electrons. The summed E-state index contributed by atoms with van der Waals surface area (Å²) >= 11 is 0. The first-order chi connectivity index (χ1) is 12.0. The number of rotatable bonds is 6. The Morgan fingerprint density at radius 2 is 1.80 bits per heavy atom. The minimum atomic E-state index is -0.555. The Hall–Kier alpha value is -2.40. The Labute approximate surface area is 148 Å². The van der Waals surface area contributed by atoms with Crippen LogP contribution in [-0.4, -0.2) is 11.1 Å². The van der Waals surface area contributed by atoms with E-state index in [2.05, 4.69) is 13.8 Å². The van der Waals surface area contributed by atoms with Gasteiger partial charge in [0.2, 0.25) is 0 Å². The highest BCUT2D eigenvalue weighted by Crippen LogP contribution is 2.24. The van der Waals surface area contributed by atoms with Crippen LogP contribution in [-0.2, 0) is 13.0 Å². The minimum absolute atomic E-state index is 0.284. The topological polar surface area (TPSA) is 58.6 Å². The number of hydrogen-bond acceptors (Lipinski definition) is 3. The summed E-state index contributed by atoms with van der Waals surface area (Å²) in [6.45, 7) is 8.46. The van der Waals surface area contributed by atoms with Crippen LogP contribution in [0.3, 0.4) is 0 Å². The summed E-state index contributed by atoms with van der Waals surface area (Å²) in [6, 6.07) is 11.1. The predicted octanol–water partition coefficient (Wildman–Crippen LogP) is 4.75. The molecule has 0 unspecified atom stereocenters. The lowest BCUT2D eigenvalue weighted by Gasteiger charge is -2.14. The highest BCUT2D eigenvalue weighted by Gasteiger charge is 2.11. The van der Waals surface area contributed by atoms with Gasteiger partial charge in [-0.2, -0.15) is 0 Å². The van der Waals surface area contributed by atoms with Crippen LogP contribution < -0.4 is 10.2 Å². The van der Waals surface area contributed by atoms with Gasteiger partial charge in [0, 0.05) is 5.56 Å². The van der Waals surface area contributed by atoms with Gasteiger partial charge in [-0.15, -0.1) is 0 Å². The van der Waals surface area contributed by atoms with Crippen LogP contribution in [0.5, 0.6) is 5.75 Å². The molecule has 0 spiro atoms. The largest absolute Gasteiger partial charge is 0.489 e. The van der Waals surface area contributed by atoms with Gasteiger partial charge in [-0.25, -0.2) is 9.87 Å². The van der Waals surface area contributed by atoms with E-state index in [0.29, 0.717) is 23.8 Å². The molecule has 0 saturated heterocycles. The SMILES string of the molecule is CC.CC(C)Cc1cc(C(=O)NO)ccc1OCc1ccc(F)cc1. The predicted molar refractivity (Wildman–Crippen MR) is 96.3 cm³/mol. The molecular weight excluding hydrogens is 321 g/mol. The second-order valence-electron chi connectivity index (χ2n) is 5.78. The zero-order chi connectivity index (χ0) is 18.8. The van der Waals surface area contributed by atoms with Crippen molar-refractivity contribution < 1.29 is 19.1 Å². The van der Waals surface area contributed by atoms with Crippen molar-refractivity contribution in [3.05, 3.63) is 65.0 Å². The molecule has 0 aliphatic carbocycles. The number of nitrogens with one attached hydrogen (secondary N) is 1. The third-order valence-electron chi connectivity index (χ3n) is 3.36. The Kier molecular flexibility index (Phi) is 8.64. The van der Waals surface area contributed by atoms with Gasteiger partial charge >= 0.3 is 0 Å². The number of hydrogen-bond donors (Lipinski definition) is 2. The van der Waals surface area contributed by atoms with Gasteiger partial charge in [0.1, 0.15) is 18.2 Å². The van der Waals surface area contributed by atoms with E-state index in [9.17, 15) is 9.18 Å². The van der Waals surface area contributed by atoms with Crippen LogP contribution in [0.25, 0.3) is 0 Å². The van der Waals surface area contributed by atoms with E-state index in [-0.39, 0.29) is 5.82 Å². The van der Waals surface area contributed by atoms with Gasteiger partial charge in [0.25, 0.3) is 5.91 Å². The van der Waals surface area contributed by atoms with E-state index in [1.165, 1.54) is 12.1 Å². The first-order valence-electron chi connectivity index (χ1n) is 8.44. The number of halogens is 1. The Balaban J connectivity index is 0.00000151. The summed E-state index contributed by atoms with van der Waals surface area (Å²) in [6.07, 6.45) is 0.741. The molecule has 0 bridgehead atoms. The van der Waals surface area contributed by atoms with E-state index in [1.54, 1.807) is 35.8 Å². The molecule has 4 nitrogen and oxygen atoms in total. The zero-order valence-electron chi connectivity index (χ0n) is 15.2. The third-order valence-corrected chi connectivity index (χ3v) is 3.36. The number of carbonyl (C=O) groups excluding carboxylic acids is 1. The molecule has 0 aliphatic rings. The summed E-state index contributed by atoms with van der Waals surface area (Å²) in [7, 11) is 0. The molecule has 2 rings (SSSR count). The maximum atomic E-state index is 12.9. The average molecular weight is 347 g/mol. The zero-order valence-corrected chi connectivity index (χ0v) is 15.2. The second kappa shape index (κ2) is 10.5. The molecule has 25 heavy (non-hydrogen) atoms. The third kappa shape index (κ3) is 6.55. The van der Waals surface area contributed by atoms with Gasteiger partial charge < -0.3 is 4.74 Å². The van der Waals surface area contributed by atoms with Gasteiger partial charge in [-0.05, 0) is 53.8 Å². The lowest BCUT2D eigenvalue weighted by Crippen LogP contribution is -2.19. The van der Waals surface area contributed by atoms with Gasteiger partial charge in [-0.3, -0.25) is 10.0 Å². The number of carbonyl (C=O) groups is 1. The normalized spacial score (nSPS) is 10.0. The molecule has 0 atom stereocenters. The molecule has 0 aromatic heterocycles. The Morgan fingerprint density at radius 3 is 2.36 bits per heavy atom. The minimum Gasteiger partial charge on any atom is -0.489 e. The van der Waals surface area contributed by atoms with Crippen LogP contribution in [0, 0.1) is 11.7 Å². The van der Waals surface area contributed by atoms with Crippen molar-refractivity contribution in [2.24, 2.45) is 5.92 Å².